The largest absolute Gasteiger partial charge is 0.497 e. The van der Waals surface area contributed by atoms with E-state index in [9.17, 15) is 0 Å². The van der Waals surface area contributed by atoms with Gasteiger partial charge >= 0.3 is 0 Å². The van der Waals surface area contributed by atoms with Crippen LogP contribution in [-0.4, -0.2) is 24.4 Å². The average molecular weight is 402 g/mol. The van der Waals surface area contributed by atoms with Gasteiger partial charge in [0.25, 0.3) is 5.89 Å². The van der Waals surface area contributed by atoms with Gasteiger partial charge in [0.05, 0.1) is 14.2 Å². The van der Waals surface area contributed by atoms with Crippen molar-refractivity contribution in [1.29, 1.82) is 0 Å². The Labute approximate surface area is 175 Å². The van der Waals surface area contributed by atoms with Crippen molar-refractivity contribution < 1.29 is 18.7 Å². The van der Waals surface area contributed by atoms with E-state index in [1.165, 1.54) is 0 Å². The Bertz CT molecular complexity index is 1110. The SMILES string of the molecule is COc1ccc(-c2nc(-c3ccc(OC(C)c4ccccc4)c(OC)c3)no2)cc1. The van der Waals surface area contributed by atoms with Gasteiger partial charge in [-0.05, 0) is 55.0 Å². The number of hydrogen-bond donors (Lipinski definition) is 0. The fourth-order valence-electron chi connectivity index (χ4n) is 3.08. The third kappa shape index (κ3) is 4.12. The molecule has 0 spiro atoms. The van der Waals surface area contributed by atoms with E-state index in [1.807, 2.05) is 79.7 Å². The van der Waals surface area contributed by atoms with E-state index < -0.39 is 0 Å². The molecule has 0 radical (unpaired) electrons. The van der Waals surface area contributed by atoms with Crippen molar-refractivity contribution in [2.75, 3.05) is 14.2 Å². The van der Waals surface area contributed by atoms with Gasteiger partial charge in [0.1, 0.15) is 11.9 Å². The second-order valence-electron chi connectivity index (χ2n) is 6.69. The molecule has 3 aromatic carbocycles. The monoisotopic (exact) mass is 402 g/mol. The molecule has 0 saturated heterocycles. The van der Waals surface area contributed by atoms with Crippen molar-refractivity contribution >= 4 is 0 Å². The van der Waals surface area contributed by atoms with E-state index in [0.717, 1.165) is 22.4 Å². The smallest absolute Gasteiger partial charge is 0.258 e. The molecule has 0 fully saturated rings. The molecule has 0 aliphatic carbocycles. The van der Waals surface area contributed by atoms with E-state index in [0.29, 0.717) is 23.2 Å². The van der Waals surface area contributed by atoms with E-state index in [4.69, 9.17) is 18.7 Å². The molecule has 0 saturated carbocycles. The van der Waals surface area contributed by atoms with Gasteiger partial charge in [-0.1, -0.05) is 35.5 Å². The minimum atomic E-state index is -0.113. The summed E-state index contributed by atoms with van der Waals surface area (Å²) in [6, 6.07) is 23.1. The molecule has 0 amide bonds. The van der Waals surface area contributed by atoms with E-state index in [1.54, 1.807) is 14.2 Å². The maximum Gasteiger partial charge on any atom is 0.258 e. The predicted molar refractivity (Wildman–Crippen MR) is 114 cm³/mol. The number of rotatable bonds is 7. The predicted octanol–water partition coefficient (Wildman–Crippen LogP) is 5.56. The van der Waals surface area contributed by atoms with Crippen LogP contribution in [0, 0.1) is 0 Å². The van der Waals surface area contributed by atoms with Crippen LogP contribution in [0.5, 0.6) is 17.2 Å². The molecule has 1 atom stereocenters. The van der Waals surface area contributed by atoms with Crippen LogP contribution >= 0.6 is 0 Å². The number of nitrogens with zero attached hydrogens (tertiary/aromatic N) is 2. The molecule has 0 aliphatic heterocycles. The van der Waals surface area contributed by atoms with Crippen molar-refractivity contribution in [3.05, 3.63) is 78.4 Å². The molecule has 1 heterocycles. The summed E-state index contributed by atoms with van der Waals surface area (Å²) in [5.41, 5.74) is 2.68. The van der Waals surface area contributed by atoms with Crippen LogP contribution in [0.2, 0.25) is 0 Å². The maximum absolute atomic E-state index is 6.11. The highest BCUT2D eigenvalue weighted by Crippen LogP contribution is 2.35. The Balaban J connectivity index is 1.56. The molecule has 4 rings (SSSR count). The fourth-order valence-corrected chi connectivity index (χ4v) is 3.08. The minimum absolute atomic E-state index is 0.113. The summed E-state index contributed by atoms with van der Waals surface area (Å²) in [5, 5.41) is 4.11. The quantitative estimate of drug-likeness (QED) is 0.403. The zero-order valence-corrected chi connectivity index (χ0v) is 17.0. The summed E-state index contributed by atoms with van der Waals surface area (Å²) in [6.45, 7) is 2.00. The normalized spacial score (nSPS) is 11.7. The topological polar surface area (TPSA) is 66.6 Å². The maximum atomic E-state index is 6.11. The number of methoxy groups -OCH3 is 2. The summed E-state index contributed by atoms with van der Waals surface area (Å²) in [5.74, 6) is 2.93. The van der Waals surface area contributed by atoms with E-state index >= 15 is 0 Å². The van der Waals surface area contributed by atoms with Crippen LogP contribution < -0.4 is 14.2 Å². The van der Waals surface area contributed by atoms with Gasteiger partial charge in [0, 0.05) is 11.1 Å². The lowest BCUT2D eigenvalue weighted by Gasteiger charge is -2.17. The van der Waals surface area contributed by atoms with Crippen molar-refractivity contribution in [3.8, 4) is 40.1 Å². The van der Waals surface area contributed by atoms with Crippen LogP contribution in [-0.2, 0) is 0 Å². The third-order valence-electron chi connectivity index (χ3n) is 4.76. The van der Waals surface area contributed by atoms with Crippen molar-refractivity contribution in [1.82, 2.24) is 10.1 Å². The van der Waals surface area contributed by atoms with E-state index in [-0.39, 0.29) is 6.10 Å². The molecule has 0 aliphatic rings. The van der Waals surface area contributed by atoms with Gasteiger partial charge in [-0.15, -0.1) is 0 Å². The molecule has 1 aromatic heterocycles. The number of benzene rings is 3. The highest BCUT2D eigenvalue weighted by atomic mass is 16.5. The molecule has 30 heavy (non-hydrogen) atoms. The van der Waals surface area contributed by atoms with Crippen LogP contribution in [0.1, 0.15) is 18.6 Å². The first-order valence-corrected chi connectivity index (χ1v) is 9.56. The zero-order valence-electron chi connectivity index (χ0n) is 17.0. The summed E-state index contributed by atoms with van der Waals surface area (Å²) in [6.07, 6.45) is -0.113. The van der Waals surface area contributed by atoms with Crippen LogP contribution in [0.4, 0.5) is 0 Å². The standard InChI is InChI=1S/C24H22N2O4/c1-16(17-7-5-4-6-8-17)29-21-14-11-19(15-22(21)28-3)23-25-24(30-26-23)18-9-12-20(27-2)13-10-18/h4-16H,1-3H3. The van der Waals surface area contributed by atoms with Gasteiger partial charge in [-0.25, -0.2) is 0 Å². The molecule has 0 N–H and O–H groups in total. The lowest BCUT2D eigenvalue weighted by molar-refractivity contribution is 0.216. The number of aromatic nitrogens is 2. The minimum Gasteiger partial charge on any atom is -0.497 e. The molecule has 0 bridgehead atoms. The van der Waals surface area contributed by atoms with Crippen LogP contribution in [0.25, 0.3) is 22.8 Å². The van der Waals surface area contributed by atoms with Crippen molar-refractivity contribution in [2.45, 2.75) is 13.0 Å². The summed E-state index contributed by atoms with van der Waals surface area (Å²) >= 11 is 0. The van der Waals surface area contributed by atoms with Crippen LogP contribution in [0.15, 0.2) is 77.3 Å². The molecular formula is C24H22N2O4. The summed E-state index contributed by atoms with van der Waals surface area (Å²) in [7, 11) is 3.24. The fraction of sp³-hybridized carbons (Fsp3) is 0.167. The molecule has 4 aromatic rings. The first-order chi connectivity index (χ1) is 14.7. The Kier molecular flexibility index (Phi) is 5.66. The third-order valence-corrected chi connectivity index (χ3v) is 4.76. The molecule has 1 unspecified atom stereocenters. The van der Waals surface area contributed by atoms with Gasteiger partial charge in [-0.3, -0.25) is 0 Å². The summed E-state index contributed by atoms with van der Waals surface area (Å²) in [4.78, 5) is 4.50. The first kappa shape index (κ1) is 19.5. The molecule has 6 nitrogen and oxygen atoms in total. The summed E-state index contributed by atoms with van der Waals surface area (Å²) < 4.78 is 22.3. The van der Waals surface area contributed by atoms with Gasteiger partial charge in [0.15, 0.2) is 11.5 Å². The lowest BCUT2D eigenvalue weighted by atomic mass is 10.1. The van der Waals surface area contributed by atoms with Gasteiger partial charge in [-0.2, -0.15) is 4.98 Å². The van der Waals surface area contributed by atoms with Gasteiger partial charge in [0.2, 0.25) is 5.82 Å². The highest BCUT2D eigenvalue weighted by Gasteiger charge is 2.15. The Morgan fingerprint density at radius 2 is 1.53 bits per heavy atom. The van der Waals surface area contributed by atoms with Gasteiger partial charge < -0.3 is 18.7 Å². The Hall–Kier alpha value is -3.80. The first-order valence-electron chi connectivity index (χ1n) is 9.56. The Morgan fingerprint density at radius 3 is 2.23 bits per heavy atom. The van der Waals surface area contributed by atoms with Crippen molar-refractivity contribution in [2.24, 2.45) is 0 Å². The Morgan fingerprint density at radius 1 is 0.800 bits per heavy atom. The van der Waals surface area contributed by atoms with Crippen molar-refractivity contribution in [3.63, 3.8) is 0 Å². The lowest BCUT2D eigenvalue weighted by Crippen LogP contribution is -2.04. The highest BCUT2D eigenvalue weighted by molar-refractivity contribution is 5.63. The molecule has 6 heteroatoms. The second kappa shape index (κ2) is 8.69. The number of hydrogen-bond acceptors (Lipinski definition) is 6. The second-order valence-corrected chi connectivity index (χ2v) is 6.69. The zero-order chi connectivity index (χ0) is 20.9. The van der Waals surface area contributed by atoms with Crippen LogP contribution in [0.3, 0.4) is 0 Å². The van der Waals surface area contributed by atoms with E-state index in [2.05, 4.69) is 10.1 Å². The average Bonchev–Trinajstić information content (AvgIpc) is 3.30. The molecule has 152 valence electrons. The molecular weight excluding hydrogens is 380 g/mol. The number of ether oxygens (including phenoxy) is 3.